The van der Waals surface area contributed by atoms with Crippen molar-refractivity contribution in [2.75, 3.05) is 6.61 Å². The Morgan fingerprint density at radius 2 is 2.15 bits per heavy atom. The number of benzene rings is 1. The van der Waals surface area contributed by atoms with E-state index >= 15 is 0 Å². The smallest absolute Gasteiger partial charge is 0.127 e. The highest BCUT2D eigenvalue weighted by Gasteiger charge is 1.93. The fourth-order valence-corrected chi connectivity index (χ4v) is 1.08. The third kappa shape index (κ3) is 3.49. The van der Waals surface area contributed by atoms with Crippen LogP contribution in [0.5, 0.6) is 5.75 Å². The van der Waals surface area contributed by atoms with Gasteiger partial charge in [-0.15, -0.1) is 0 Å². The van der Waals surface area contributed by atoms with Gasteiger partial charge in [0.2, 0.25) is 0 Å². The summed E-state index contributed by atoms with van der Waals surface area (Å²) in [6, 6.07) is 9.22. The molecular formula is C12H17O. The van der Waals surface area contributed by atoms with Gasteiger partial charge in [-0.2, -0.15) is 0 Å². The average molecular weight is 177 g/mol. The zero-order chi connectivity index (χ0) is 9.52. The van der Waals surface area contributed by atoms with E-state index in [9.17, 15) is 0 Å². The zero-order valence-corrected chi connectivity index (χ0v) is 8.47. The predicted octanol–water partition coefficient (Wildman–Crippen LogP) is 3.23. The first-order valence-electron chi connectivity index (χ1n) is 5.00. The second-order valence-corrected chi connectivity index (χ2v) is 3.12. The van der Waals surface area contributed by atoms with Crippen molar-refractivity contribution in [3.8, 4) is 5.75 Å². The molecule has 0 unspecified atom stereocenters. The first kappa shape index (κ1) is 10.1. The van der Waals surface area contributed by atoms with Crippen LogP contribution in [0.3, 0.4) is 0 Å². The second kappa shape index (κ2) is 5.63. The second-order valence-electron chi connectivity index (χ2n) is 3.12. The number of ether oxygens (including phenoxy) is 1. The standard InChI is InChI=1S/C12H17O/c1-3-5-10-13-12-8-6-11(4-2)7-9-12/h6-8H,3-5,10H2,1-2H3. The Balaban J connectivity index is 2.40. The molecule has 1 rings (SSSR count). The Morgan fingerprint density at radius 1 is 1.31 bits per heavy atom. The lowest BCUT2D eigenvalue weighted by Crippen LogP contribution is -1.96. The van der Waals surface area contributed by atoms with Crippen molar-refractivity contribution in [1.29, 1.82) is 0 Å². The average Bonchev–Trinajstić information content (AvgIpc) is 2.19. The summed E-state index contributed by atoms with van der Waals surface area (Å²) in [5.41, 5.74) is 1.31. The van der Waals surface area contributed by atoms with Crippen molar-refractivity contribution < 1.29 is 4.74 Å². The van der Waals surface area contributed by atoms with Gasteiger partial charge in [-0.3, -0.25) is 0 Å². The molecule has 1 nitrogen and oxygen atoms in total. The lowest BCUT2D eigenvalue weighted by atomic mass is 10.2. The first-order chi connectivity index (χ1) is 6.36. The fraction of sp³-hybridized carbons (Fsp3) is 0.500. The maximum Gasteiger partial charge on any atom is 0.127 e. The van der Waals surface area contributed by atoms with Crippen molar-refractivity contribution in [2.24, 2.45) is 0 Å². The Hall–Kier alpha value is -0.980. The molecule has 0 aromatic heterocycles. The molecule has 71 valence electrons. The fourth-order valence-electron chi connectivity index (χ4n) is 1.08. The number of unbranched alkanes of at least 4 members (excludes halogenated alkanes) is 1. The van der Waals surface area contributed by atoms with Crippen LogP contribution in [-0.4, -0.2) is 6.61 Å². The molecule has 1 aromatic rings. The van der Waals surface area contributed by atoms with Gasteiger partial charge in [0.25, 0.3) is 0 Å². The summed E-state index contributed by atoms with van der Waals surface area (Å²) < 4.78 is 5.49. The maximum absolute atomic E-state index is 5.49. The van der Waals surface area contributed by atoms with Crippen LogP contribution < -0.4 is 4.74 Å². The molecule has 0 atom stereocenters. The molecule has 0 aliphatic carbocycles. The van der Waals surface area contributed by atoms with Gasteiger partial charge >= 0.3 is 0 Å². The molecule has 0 heterocycles. The third-order valence-corrected chi connectivity index (χ3v) is 2.01. The van der Waals surface area contributed by atoms with Crippen molar-refractivity contribution in [3.05, 3.63) is 29.8 Å². The number of hydrogen-bond acceptors (Lipinski definition) is 1. The van der Waals surface area contributed by atoms with Gasteiger partial charge in [0.1, 0.15) is 5.75 Å². The summed E-state index contributed by atoms with van der Waals surface area (Å²) in [6.07, 6.45) is 3.35. The van der Waals surface area contributed by atoms with Gasteiger partial charge in [-0.25, -0.2) is 0 Å². The van der Waals surface area contributed by atoms with Crippen LogP contribution in [0, 0.1) is 6.07 Å². The molecule has 1 heteroatoms. The Morgan fingerprint density at radius 3 is 2.69 bits per heavy atom. The molecule has 1 aromatic carbocycles. The van der Waals surface area contributed by atoms with Crippen molar-refractivity contribution in [3.63, 3.8) is 0 Å². The molecule has 0 saturated heterocycles. The van der Waals surface area contributed by atoms with E-state index in [1.807, 2.05) is 12.1 Å². The molecule has 0 spiro atoms. The molecule has 0 fully saturated rings. The summed E-state index contributed by atoms with van der Waals surface area (Å²) in [4.78, 5) is 0. The maximum atomic E-state index is 5.49. The summed E-state index contributed by atoms with van der Waals surface area (Å²) in [6.45, 7) is 5.10. The van der Waals surface area contributed by atoms with Crippen molar-refractivity contribution in [2.45, 2.75) is 33.1 Å². The summed E-state index contributed by atoms with van der Waals surface area (Å²) in [7, 11) is 0. The third-order valence-electron chi connectivity index (χ3n) is 2.01. The van der Waals surface area contributed by atoms with E-state index in [1.165, 1.54) is 12.0 Å². The molecular weight excluding hydrogens is 160 g/mol. The first-order valence-corrected chi connectivity index (χ1v) is 5.00. The van der Waals surface area contributed by atoms with E-state index in [0.717, 1.165) is 25.2 Å². The quantitative estimate of drug-likeness (QED) is 0.627. The predicted molar refractivity (Wildman–Crippen MR) is 55.1 cm³/mol. The van der Waals surface area contributed by atoms with Crippen LogP contribution in [-0.2, 0) is 6.42 Å². The summed E-state index contributed by atoms with van der Waals surface area (Å²) in [5.74, 6) is 0.866. The largest absolute Gasteiger partial charge is 0.493 e. The minimum Gasteiger partial charge on any atom is -0.493 e. The summed E-state index contributed by atoms with van der Waals surface area (Å²) in [5, 5.41) is 0. The van der Waals surface area contributed by atoms with Crippen LogP contribution in [0.1, 0.15) is 32.3 Å². The van der Waals surface area contributed by atoms with E-state index in [2.05, 4.69) is 26.0 Å². The highest BCUT2D eigenvalue weighted by atomic mass is 16.5. The van der Waals surface area contributed by atoms with Crippen molar-refractivity contribution >= 4 is 0 Å². The Kier molecular flexibility index (Phi) is 4.37. The summed E-state index contributed by atoms with van der Waals surface area (Å²) >= 11 is 0. The van der Waals surface area contributed by atoms with Gasteiger partial charge in [0, 0.05) is 6.07 Å². The van der Waals surface area contributed by atoms with E-state index in [1.54, 1.807) is 0 Å². The molecule has 1 radical (unpaired) electrons. The number of rotatable bonds is 5. The SMILES string of the molecule is CCCCOc1[c]cc(CC)cc1. The van der Waals surface area contributed by atoms with Crippen LogP contribution in [0.2, 0.25) is 0 Å². The lowest BCUT2D eigenvalue weighted by molar-refractivity contribution is 0.308. The van der Waals surface area contributed by atoms with Crippen molar-refractivity contribution in [1.82, 2.24) is 0 Å². The molecule has 0 aliphatic heterocycles. The minimum absolute atomic E-state index is 0.804. The van der Waals surface area contributed by atoms with Crippen LogP contribution in [0.4, 0.5) is 0 Å². The van der Waals surface area contributed by atoms with E-state index in [4.69, 9.17) is 4.74 Å². The molecule has 0 saturated carbocycles. The van der Waals surface area contributed by atoms with Crippen LogP contribution in [0.15, 0.2) is 18.2 Å². The highest BCUT2D eigenvalue weighted by molar-refractivity contribution is 5.25. The highest BCUT2D eigenvalue weighted by Crippen LogP contribution is 2.11. The lowest BCUT2D eigenvalue weighted by Gasteiger charge is -2.04. The van der Waals surface area contributed by atoms with Gasteiger partial charge in [0.05, 0.1) is 6.61 Å². The minimum atomic E-state index is 0.804. The topological polar surface area (TPSA) is 9.23 Å². The number of aryl methyl sites for hydroxylation is 1. The van der Waals surface area contributed by atoms with Gasteiger partial charge < -0.3 is 4.74 Å². The molecule has 13 heavy (non-hydrogen) atoms. The normalized spacial score (nSPS) is 10.0. The zero-order valence-electron chi connectivity index (χ0n) is 8.47. The van der Waals surface area contributed by atoms with Gasteiger partial charge in [-0.1, -0.05) is 26.3 Å². The molecule has 0 amide bonds. The van der Waals surface area contributed by atoms with Crippen LogP contribution in [0.25, 0.3) is 0 Å². The monoisotopic (exact) mass is 177 g/mol. The Labute approximate surface area is 80.7 Å². The van der Waals surface area contributed by atoms with E-state index in [0.29, 0.717) is 0 Å². The van der Waals surface area contributed by atoms with E-state index < -0.39 is 0 Å². The number of hydrogen-bond donors (Lipinski definition) is 0. The molecule has 0 N–H and O–H groups in total. The van der Waals surface area contributed by atoms with E-state index in [-0.39, 0.29) is 0 Å². The van der Waals surface area contributed by atoms with Crippen LogP contribution >= 0.6 is 0 Å². The van der Waals surface area contributed by atoms with Gasteiger partial charge in [-0.05, 0) is 30.5 Å². The molecule has 0 bridgehead atoms. The Bertz CT molecular complexity index is 225. The van der Waals surface area contributed by atoms with Gasteiger partial charge in [0.15, 0.2) is 0 Å². The molecule has 0 aliphatic rings.